The Balaban J connectivity index is 2.11. The van der Waals surface area contributed by atoms with Gasteiger partial charge in [0, 0.05) is 6.54 Å². The summed E-state index contributed by atoms with van der Waals surface area (Å²) in [5.41, 5.74) is 1.42. The lowest BCUT2D eigenvalue weighted by Gasteiger charge is -2.21. The van der Waals surface area contributed by atoms with Crippen molar-refractivity contribution >= 4 is 21.6 Å². The molecule has 0 fully saturated rings. The molecular weight excluding hydrogens is 228 g/mol. The highest BCUT2D eigenvalue weighted by molar-refractivity contribution is 7.18. The summed E-state index contributed by atoms with van der Waals surface area (Å²) in [6.07, 6.45) is 0. The largest absolute Gasteiger partial charge is 0.308 e. The van der Waals surface area contributed by atoms with E-state index in [0.717, 1.165) is 12.1 Å². The Bertz CT molecular complexity index is 463. The average molecular weight is 248 g/mol. The Morgan fingerprint density at radius 2 is 2.00 bits per heavy atom. The summed E-state index contributed by atoms with van der Waals surface area (Å²) in [5, 5.41) is 4.72. The molecule has 3 heteroatoms. The molecular formula is C14H20N2S. The Labute approximate surface area is 107 Å². The molecule has 1 aromatic carbocycles. The van der Waals surface area contributed by atoms with Gasteiger partial charge in [-0.05, 0) is 24.5 Å². The number of hydrogen-bond donors (Lipinski definition) is 1. The van der Waals surface area contributed by atoms with Crippen molar-refractivity contribution in [1.82, 2.24) is 10.3 Å². The summed E-state index contributed by atoms with van der Waals surface area (Å²) in [6, 6.07) is 8.64. The van der Waals surface area contributed by atoms with Crippen LogP contribution in [-0.4, -0.2) is 11.5 Å². The second kappa shape index (κ2) is 4.75. The maximum absolute atomic E-state index is 4.67. The zero-order valence-corrected chi connectivity index (χ0v) is 11.8. The molecule has 1 N–H and O–H groups in total. The zero-order chi connectivity index (χ0) is 12.5. The Morgan fingerprint density at radius 1 is 1.29 bits per heavy atom. The zero-order valence-electron chi connectivity index (χ0n) is 10.9. The standard InChI is InChI=1S/C14H20N2S/c1-10(15-9-14(2,3)4)13-16-11-7-5-6-8-12(11)17-13/h5-8,10,15H,9H2,1-4H3. The van der Waals surface area contributed by atoms with E-state index in [1.54, 1.807) is 11.3 Å². The van der Waals surface area contributed by atoms with Crippen molar-refractivity contribution < 1.29 is 0 Å². The van der Waals surface area contributed by atoms with Gasteiger partial charge in [0.2, 0.25) is 0 Å². The maximum Gasteiger partial charge on any atom is 0.111 e. The molecule has 92 valence electrons. The number of fused-ring (bicyclic) bond motifs is 1. The first-order valence-corrected chi connectivity index (χ1v) is 6.86. The van der Waals surface area contributed by atoms with Crippen LogP contribution in [0.1, 0.15) is 38.7 Å². The van der Waals surface area contributed by atoms with Crippen LogP contribution in [-0.2, 0) is 0 Å². The fraction of sp³-hybridized carbons (Fsp3) is 0.500. The van der Waals surface area contributed by atoms with Crippen LogP contribution in [0.5, 0.6) is 0 Å². The van der Waals surface area contributed by atoms with Gasteiger partial charge in [0.1, 0.15) is 5.01 Å². The SMILES string of the molecule is CC(NCC(C)(C)C)c1nc2ccccc2s1. The molecule has 1 aromatic heterocycles. The van der Waals surface area contributed by atoms with Crippen molar-refractivity contribution in [1.29, 1.82) is 0 Å². The van der Waals surface area contributed by atoms with Gasteiger partial charge in [-0.3, -0.25) is 0 Å². The van der Waals surface area contributed by atoms with Gasteiger partial charge in [-0.25, -0.2) is 4.98 Å². The van der Waals surface area contributed by atoms with Gasteiger partial charge in [-0.1, -0.05) is 32.9 Å². The molecule has 2 nitrogen and oxygen atoms in total. The number of aromatic nitrogens is 1. The van der Waals surface area contributed by atoms with E-state index < -0.39 is 0 Å². The number of para-hydroxylation sites is 1. The normalized spacial score (nSPS) is 14.1. The summed E-state index contributed by atoms with van der Waals surface area (Å²) >= 11 is 1.78. The molecule has 0 radical (unpaired) electrons. The Morgan fingerprint density at radius 3 is 2.65 bits per heavy atom. The van der Waals surface area contributed by atoms with Crippen LogP contribution in [0.2, 0.25) is 0 Å². The molecule has 2 rings (SSSR count). The van der Waals surface area contributed by atoms with E-state index in [2.05, 4.69) is 56.2 Å². The molecule has 0 bridgehead atoms. The van der Waals surface area contributed by atoms with Gasteiger partial charge >= 0.3 is 0 Å². The van der Waals surface area contributed by atoms with E-state index >= 15 is 0 Å². The Kier molecular flexibility index (Phi) is 3.50. The van der Waals surface area contributed by atoms with E-state index in [0.29, 0.717) is 11.5 Å². The van der Waals surface area contributed by atoms with Crippen LogP contribution in [0.25, 0.3) is 10.2 Å². The summed E-state index contributed by atoms with van der Waals surface area (Å²) in [7, 11) is 0. The molecule has 2 aromatic rings. The van der Waals surface area contributed by atoms with Crippen molar-refractivity contribution in [3.63, 3.8) is 0 Å². The molecule has 0 saturated heterocycles. The van der Waals surface area contributed by atoms with Crippen LogP contribution < -0.4 is 5.32 Å². The number of nitrogens with one attached hydrogen (secondary N) is 1. The van der Waals surface area contributed by atoms with Crippen LogP contribution in [0.4, 0.5) is 0 Å². The van der Waals surface area contributed by atoms with Crippen LogP contribution in [0, 0.1) is 5.41 Å². The average Bonchev–Trinajstić information content (AvgIpc) is 2.68. The Hall–Kier alpha value is -0.930. The van der Waals surface area contributed by atoms with Crippen molar-refractivity contribution in [2.75, 3.05) is 6.54 Å². The number of benzene rings is 1. The van der Waals surface area contributed by atoms with Crippen LogP contribution in [0.3, 0.4) is 0 Å². The van der Waals surface area contributed by atoms with E-state index in [9.17, 15) is 0 Å². The second-order valence-corrected chi connectivity index (χ2v) is 6.75. The maximum atomic E-state index is 4.67. The minimum atomic E-state index is 0.310. The molecule has 0 amide bonds. The molecule has 17 heavy (non-hydrogen) atoms. The monoisotopic (exact) mass is 248 g/mol. The van der Waals surface area contributed by atoms with Crippen LogP contribution >= 0.6 is 11.3 Å². The number of hydrogen-bond acceptors (Lipinski definition) is 3. The third-order valence-corrected chi connectivity index (χ3v) is 3.84. The summed E-state index contributed by atoms with van der Waals surface area (Å²) in [6.45, 7) is 9.91. The van der Waals surface area contributed by atoms with Crippen molar-refractivity contribution in [3.8, 4) is 0 Å². The first-order valence-electron chi connectivity index (χ1n) is 6.04. The van der Waals surface area contributed by atoms with E-state index in [4.69, 9.17) is 0 Å². The lowest BCUT2D eigenvalue weighted by atomic mass is 9.97. The molecule has 1 atom stereocenters. The van der Waals surface area contributed by atoms with E-state index in [1.165, 1.54) is 9.71 Å². The lowest BCUT2D eigenvalue weighted by molar-refractivity contribution is 0.359. The smallest absolute Gasteiger partial charge is 0.111 e. The first-order chi connectivity index (χ1) is 7.96. The van der Waals surface area contributed by atoms with Gasteiger partial charge in [-0.15, -0.1) is 11.3 Å². The van der Waals surface area contributed by atoms with Gasteiger partial charge in [0.15, 0.2) is 0 Å². The van der Waals surface area contributed by atoms with Crippen molar-refractivity contribution in [2.24, 2.45) is 5.41 Å². The highest BCUT2D eigenvalue weighted by Gasteiger charge is 2.15. The molecule has 0 aliphatic carbocycles. The van der Waals surface area contributed by atoms with Gasteiger partial charge in [0.05, 0.1) is 16.3 Å². The predicted molar refractivity (Wildman–Crippen MR) is 75.5 cm³/mol. The quantitative estimate of drug-likeness (QED) is 0.888. The molecule has 1 heterocycles. The lowest BCUT2D eigenvalue weighted by Crippen LogP contribution is -2.29. The predicted octanol–water partition coefficient (Wildman–Crippen LogP) is 3.99. The molecule has 0 spiro atoms. The highest BCUT2D eigenvalue weighted by atomic mass is 32.1. The van der Waals surface area contributed by atoms with Gasteiger partial charge in [-0.2, -0.15) is 0 Å². The van der Waals surface area contributed by atoms with Gasteiger partial charge < -0.3 is 5.32 Å². The summed E-state index contributed by atoms with van der Waals surface area (Å²) in [5.74, 6) is 0. The third-order valence-electron chi connectivity index (χ3n) is 2.62. The fourth-order valence-corrected chi connectivity index (χ4v) is 2.62. The van der Waals surface area contributed by atoms with E-state index in [-0.39, 0.29) is 0 Å². The molecule has 1 unspecified atom stereocenters. The van der Waals surface area contributed by atoms with Crippen molar-refractivity contribution in [3.05, 3.63) is 29.3 Å². The first kappa shape index (κ1) is 12.5. The molecule has 0 aliphatic heterocycles. The van der Waals surface area contributed by atoms with Crippen LogP contribution in [0.15, 0.2) is 24.3 Å². The highest BCUT2D eigenvalue weighted by Crippen LogP contribution is 2.26. The summed E-state index contributed by atoms with van der Waals surface area (Å²) < 4.78 is 1.27. The topological polar surface area (TPSA) is 24.9 Å². The minimum absolute atomic E-state index is 0.310. The number of thiazole rings is 1. The molecule has 0 aliphatic rings. The minimum Gasteiger partial charge on any atom is -0.308 e. The fourth-order valence-electron chi connectivity index (χ4n) is 1.62. The summed E-state index contributed by atoms with van der Waals surface area (Å²) in [4.78, 5) is 4.67. The number of nitrogens with zero attached hydrogens (tertiary/aromatic N) is 1. The number of rotatable bonds is 3. The second-order valence-electron chi connectivity index (χ2n) is 5.68. The van der Waals surface area contributed by atoms with Gasteiger partial charge in [0.25, 0.3) is 0 Å². The third kappa shape index (κ3) is 3.27. The molecule has 0 saturated carbocycles. The van der Waals surface area contributed by atoms with Crippen molar-refractivity contribution in [2.45, 2.75) is 33.7 Å². The van der Waals surface area contributed by atoms with E-state index in [1.807, 2.05) is 6.07 Å².